The Kier molecular flexibility index (Phi) is 7.85. The van der Waals surface area contributed by atoms with Crippen LogP contribution in [0.25, 0.3) is 22.6 Å². The Morgan fingerprint density at radius 3 is 2.50 bits per heavy atom. The number of fused-ring (bicyclic) bond motifs is 3. The van der Waals surface area contributed by atoms with Gasteiger partial charge in [0.2, 0.25) is 5.69 Å². The van der Waals surface area contributed by atoms with Crippen LogP contribution < -0.4 is 4.68 Å². The van der Waals surface area contributed by atoms with Gasteiger partial charge < -0.3 is 9.47 Å². The van der Waals surface area contributed by atoms with Crippen LogP contribution in [0.5, 0.6) is 0 Å². The molecule has 0 spiro atoms. The molecule has 2 aliphatic carbocycles. The van der Waals surface area contributed by atoms with Crippen LogP contribution in [0, 0.1) is 11.3 Å². The van der Waals surface area contributed by atoms with Gasteiger partial charge >= 0.3 is 0 Å². The van der Waals surface area contributed by atoms with E-state index in [0.29, 0.717) is 23.9 Å². The van der Waals surface area contributed by atoms with E-state index in [1.54, 1.807) is 0 Å². The number of halogens is 2. The molecule has 0 amide bonds. The van der Waals surface area contributed by atoms with E-state index in [2.05, 4.69) is 82.5 Å². The Labute approximate surface area is 242 Å². The molecule has 2 heterocycles. The molecule has 2 aromatic heterocycles. The van der Waals surface area contributed by atoms with Crippen molar-refractivity contribution in [2.75, 3.05) is 13.2 Å². The molecule has 5 rings (SSSR count). The summed E-state index contributed by atoms with van der Waals surface area (Å²) in [6.45, 7) is 19.3. The molecule has 3 aromatic rings. The van der Waals surface area contributed by atoms with Gasteiger partial charge in [0.05, 0.1) is 22.7 Å². The summed E-state index contributed by atoms with van der Waals surface area (Å²) in [6.07, 6.45) is 3.46. The minimum Gasteiger partial charge on any atom is -0.361 e. The van der Waals surface area contributed by atoms with Gasteiger partial charge in [0.15, 0.2) is 5.82 Å². The summed E-state index contributed by atoms with van der Waals surface area (Å²) in [7, 11) is -2.32. The molecular weight excluding hydrogens is 596 g/mol. The van der Waals surface area contributed by atoms with E-state index in [1.165, 1.54) is 23.7 Å². The zero-order valence-electron chi connectivity index (χ0n) is 24.0. The van der Waals surface area contributed by atoms with E-state index in [-0.39, 0.29) is 0 Å². The largest absolute Gasteiger partial charge is 0.361 e. The fourth-order valence-electron chi connectivity index (χ4n) is 5.50. The van der Waals surface area contributed by atoms with Crippen LogP contribution in [0.3, 0.4) is 0 Å². The predicted octanol–water partition coefficient (Wildman–Crippen LogP) is 7.48. The second-order valence-corrected chi connectivity index (χ2v) is 26.7. The topological polar surface area (TPSA) is 56.0 Å². The molecule has 38 heavy (non-hydrogen) atoms. The second-order valence-electron chi connectivity index (χ2n) is 14.1. The molecule has 0 unspecified atom stereocenters. The molecule has 2 atom stereocenters. The van der Waals surface area contributed by atoms with Gasteiger partial charge in [-0.25, -0.2) is 4.98 Å². The Morgan fingerprint density at radius 1 is 1.13 bits per heavy atom. The standard InChI is InChI=1S/C28H42BrClN4O2Si2/c1-28-15-19(28)12-21-24(16-28)34(18-36-9-11-38(5,6)7)32-25(21)27-31-26-22(30)13-20(29)14-23(26)33(27)17-35-8-10-37(2,3)4/h13-14,19H,8-12,15-18H2,1-7H3/p+1/t19-,28-/m1/s1. The number of hydrogen-bond donors (Lipinski definition) is 1. The van der Waals surface area contributed by atoms with Gasteiger partial charge in [-0.3, -0.25) is 4.57 Å². The first-order valence-electron chi connectivity index (χ1n) is 13.9. The van der Waals surface area contributed by atoms with Crippen LogP contribution in [-0.4, -0.2) is 44.0 Å². The number of rotatable bonds is 11. The van der Waals surface area contributed by atoms with Crippen molar-refractivity contribution >= 4 is 54.7 Å². The van der Waals surface area contributed by atoms with Crippen LogP contribution in [0.2, 0.25) is 56.4 Å². The molecule has 10 heteroatoms. The molecule has 1 saturated carbocycles. The minimum absolute atomic E-state index is 0.417. The van der Waals surface area contributed by atoms with Crippen molar-refractivity contribution in [3.05, 3.63) is 32.9 Å². The summed E-state index contributed by atoms with van der Waals surface area (Å²) in [4.78, 5) is 5.12. The van der Waals surface area contributed by atoms with E-state index in [0.717, 1.165) is 65.0 Å². The van der Waals surface area contributed by atoms with Crippen molar-refractivity contribution in [1.29, 1.82) is 0 Å². The number of aromatic nitrogens is 4. The molecule has 0 bridgehead atoms. The lowest BCUT2D eigenvalue weighted by molar-refractivity contribution is -0.787. The lowest BCUT2D eigenvalue weighted by Crippen LogP contribution is -2.43. The minimum atomic E-state index is -1.18. The number of H-pyrrole nitrogens is 1. The monoisotopic (exact) mass is 637 g/mol. The van der Waals surface area contributed by atoms with Gasteiger partial charge in [-0.05, 0) is 48.4 Å². The van der Waals surface area contributed by atoms with Crippen molar-refractivity contribution in [3.63, 3.8) is 0 Å². The van der Waals surface area contributed by atoms with Gasteiger partial charge in [0.25, 0.3) is 6.73 Å². The van der Waals surface area contributed by atoms with Crippen molar-refractivity contribution in [2.45, 2.75) is 91.0 Å². The first-order chi connectivity index (χ1) is 17.7. The summed E-state index contributed by atoms with van der Waals surface area (Å²) < 4.78 is 17.9. The number of nitrogens with one attached hydrogen (secondary N) is 1. The number of aromatic amines is 1. The van der Waals surface area contributed by atoms with Crippen LogP contribution in [-0.2, 0) is 35.8 Å². The molecule has 0 saturated heterocycles. The summed E-state index contributed by atoms with van der Waals surface area (Å²) in [5, 5.41) is 4.38. The Balaban J connectivity index is 1.52. The highest BCUT2D eigenvalue weighted by molar-refractivity contribution is 9.10. The van der Waals surface area contributed by atoms with Crippen LogP contribution in [0.1, 0.15) is 24.6 Å². The lowest BCUT2D eigenvalue weighted by Gasteiger charge is -2.17. The average molecular weight is 639 g/mol. The number of imidazole rings is 1. The number of benzene rings is 1. The normalized spacial score (nSPS) is 21.1. The molecule has 2 aliphatic rings. The van der Waals surface area contributed by atoms with Crippen molar-refractivity contribution in [2.24, 2.45) is 11.3 Å². The molecule has 1 aromatic carbocycles. The third-order valence-corrected chi connectivity index (χ3v) is 12.4. The van der Waals surface area contributed by atoms with Gasteiger partial charge in [0.1, 0.15) is 17.9 Å². The summed E-state index contributed by atoms with van der Waals surface area (Å²) in [5.74, 6) is 1.64. The molecule has 0 radical (unpaired) electrons. The molecule has 0 aliphatic heterocycles. The van der Waals surface area contributed by atoms with Crippen molar-refractivity contribution in [1.82, 2.24) is 14.6 Å². The lowest BCUT2D eigenvalue weighted by atomic mass is 9.87. The van der Waals surface area contributed by atoms with E-state index >= 15 is 0 Å². The smallest absolute Gasteiger partial charge is 0.276 e. The van der Waals surface area contributed by atoms with Gasteiger partial charge in [-0.2, -0.15) is 5.10 Å². The second kappa shape index (κ2) is 10.5. The van der Waals surface area contributed by atoms with Gasteiger partial charge in [-0.1, -0.05) is 78.4 Å². The van der Waals surface area contributed by atoms with Gasteiger partial charge in [-0.15, -0.1) is 0 Å². The van der Waals surface area contributed by atoms with Gasteiger partial charge in [0, 0.05) is 33.6 Å². The van der Waals surface area contributed by atoms with E-state index in [9.17, 15) is 0 Å². The highest BCUT2D eigenvalue weighted by Gasteiger charge is 2.56. The van der Waals surface area contributed by atoms with E-state index in [4.69, 9.17) is 26.1 Å². The van der Waals surface area contributed by atoms with Crippen LogP contribution >= 0.6 is 27.5 Å². The Morgan fingerprint density at radius 2 is 1.82 bits per heavy atom. The van der Waals surface area contributed by atoms with Crippen molar-refractivity contribution in [3.8, 4) is 11.5 Å². The Bertz CT molecular complexity index is 1340. The number of nitrogens with zero attached hydrogens (tertiary/aromatic N) is 3. The first kappa shape index (κ1) is 28.5. The maximum absolute atomic E-state index is 6.70. The quantitative estimate of drug-likeness (QED) is 0.135. The zero-order chi connectivity index (χ0) is 27.5. The maximum Gasteiger partial charge on any atom is 0.276 e. The zero-order valence-corrected chi connectivity index (χ0v) is 28.4. The highest BCUT2D eigenvalue weighted by Crippen LogP contribution is 2.59. The van der Waals surface area contributed by atoms with E-state index < -0.39 is 16.1 Å². The fraction of sp³-hybridized carbons (Fsp3) is 0.643. The van der Waals surface area contributed by atoms with E-state index in [1.807, 2.05) is 6.07 Å². The predicted molar refractivity (Wildman–Crippen MR) is 164 cm³/mol. The summed E-state index contributed by atoms with van der Waals surface area (Å²) in [5.41, 5.74) is 6.05. The molecular formula is C28H43BrClN4O2Si2+. The molecule has 1 N–H and O–H groups in total. The molecule has 1 fully saturated rings. The average Bonchev–Trinajstić information content (AvgIpc) is 3.15. The number of hydrogen-bond acceptors (Lipinski definition) is 3. The fourth-order valence-corrected chi connectivity index (χ4v) is 7.85. The SMILES string of the molecule is C[C@@]12Cc3c(c(-c4nc5c(Cl)cc(Br)cc5n4COCC[Si](C)(C)C)[nH][n+]3COCC[Si](C)(C)C)C[C@@H]1C2. The molecule has 208 valence electrons. The number of ether oxygens (including phenoxy) is 2. The van der Waals surface area contributed by atoms with Crippen molar-refractivity contribution < 1.29 is 14.2 Å². The highest BCUT2D eigenvalue weighted by atomic mass is 79.9. The van der Waals surface area contributed by atoms with Crippen LogP contribution in [0.4, 0.5) is 0 Å². The third-order valence-electron chi connectivity index (χ3n) is 8.21. The third kappa shape index (κ3) is 6.18. The first-order valence-corrected chi connectivity index (χ1v) is 22.5. The molecule has 6 nitrogen and oxygen atoms in total. The Hall–Kier alpha value is -0.976. The summed E-state index contributed by atoms with van der Waals surface area (Å²) >= 11 is 10.3. The maximum atomic E-state index is 6.70. The summed E-state index contributed by atoms with van der Waals surface area (Å²) in [6, 6.07) is 6.32. The van der Waals surface area contributed by atoms with Crippen LogP contribution in [0.15, 0.2) is 16.6 Å².